The molecule has 1 unspecified atom stereocenters. The fraction of sp³-hybridized carbons (Fsp3) is 0.269. The molecule has 1 aliphatic rings. The Balaban J connectivity index is 1.41. The highest BCUT2D eigenvalue weighted by atomic mass is 32.1. The van der Waals surface area contributed by atoms with Gasteiger partial charge in [0, 0.05) is 11.0 Å². The van der Waals surface area contributed by atoms with Crippen LogP contribution in [0.4, 0.5) is 4.39 Å². The van der Waals surface area contributed by atoms with E-state index in [2.05, 4.69) is 29.2 Å². The zero-order chi connectivity index (χ0) is 23.2. The SMILES string of the molecule is CC(N)(CCc1ccc(-c2nc3ccc(C4(c5ccccc5)CC4)nc3s2)c(F)c1)C(=O)O. The molecular weight excluding hydrogens is 437 g/mol. The van der Waals surface area contributed by atoms with E-state index in [-0.39, 0.29) is 17.7 Å². The first-order chi connectivity index (χ1) is 15.8. The maximum atomic E-state index is 14.9. The van der Waals surface area contributed by atoms with E-state index in [0.717, 1.165) is 28.9 Å². The number of carboxylic acids is 1. The summed E-state index contributed by atoms with van der Waals surface area (Å²) < 4.78 is 14.9. The van der Waals surface area contributed by atoms with Gasteiger partial charge >= 0.3 is 5.97 Å². The van der Waals surface area contributed by atoms with Crippen molar-refractivity contribution in [3.05, 3.63) is 83.3 Å². The van der Waals surface area contributed by atoms with E-state index in [0.29, 0.717) is 22.6 Å². The molecule has 1 aliphatic carbocycles. The highest BCUT2D eigenvalue weighted by Gasteiger charge is 2.47. The van der Waals surface area contributed by atoms with Crippen molar-refractivity contribution in [1.29, 1.82) is 0 Å². The van der Waals surface area contributed by atoms with E-state index in [1.807, 2.05) is 18.2 Å². The molecule has 168 valence electrons. The Labute approximate surface area is 195 Å². The van der Waals surface area contributed by atoms with Gasteiger partial charge in [0.1, 0.15) is 26.7 Å². The number of halogens is 1. The second-order valence-corrected chi connectivity index (χ2v) is 10.0. The molecule has 2 aromatic carbocycles. The number of aryl methyl sites for hydroxylation is 1. The van der Waals surface area contributed by atoms with Crippen molar-refractivity contribution in [2.75, 3.05) is 0 Å². The zero-order valence-corrected chi connectivity index (χ0v) is 19.0. The van der Waals surface area contributed by atoms with Crippen LogP contribution in [0.1, 0.15) is 43.0 Å². The van der Waals surface area contributed by atoms with Gasteiger partial charge < -0.3 is 10.8 Å². The lowest BCUT2D eigenvalue weighted by molar-refractivity contribution is -0.142. The minimum Gasteiger partial charge on any atom is -0.480 e. The first-order valence-corrected chi connectivity index (χ1v) is 11.7. The van der Waals surface area contributed by atoms with Crippen LogP contribution in [0.25, 0.3) is 20.9 Å². The van der Waals surface area contributed by atoms with Gasteiger partial charge in [-0.05, 0) is 68.0 Å². The third kappa shape index (κ3) is 4.03. The van der Waals surface area contributed by atoms with E-state index in [9.17, 15) is 9.18 Å². The van der Waals surface area contributed by atoms with Crippen molar-refractivity contribution >= 4 is 27.7 Å². The molecule has 0 bridgehead atoms. The van der Waals surface area contributed by atoms with Crippen molar-refractivity contribution in [3.8, 4) is 10.6 Å². The summed E-state index contributed by atoms with van der Waals surface area (Å²) in [6.07, 6.45) is 2.74. The van der Waals surface area contributed by atoms with Crippen LogP contribution in [0.15, 0.2) is 60.7 Å². The third-order valence-corrected chi connectivity index (χ3v) is 7.51. The number of thiazole rings is 1. The molecule has 0 radical (unpaired) electrons. The van der Waals surface area contributed by atoms with Gasteiger partial charge in [-0.3, -0.25) is 4.79 Å². The Bertz CT molecular complexity index is 1350. The summed E-state index contributed by atoms with van der Waals surface area (Å²) >= 11 is 1.39. The molecule has 0 amide bonds. The molecule has 2 heterocycles. The Morgan fingerprint density at radius 2 is 1.91 bits per heavy atom. The molecule has 4 aromatic rings. The Morgan fingerprint density at radius 3 is 2.58 bits per heavy atom. The number of nitrogens with two attached hydrogens (primary N) is 1. The van der Waals surface area contributed by atoms with E-state index in [1.54, 1.807) is 12.1 Å². The highest BCUT2D eigenvalue weighted by molar-refractivity contribution is 7.21. The summed E-state index contributed by atoms with van der Waals surface area (Å²) in [6.45, 7) is 1.46. The number of hydrogen-bond acceptors (Lipinski definition) is 5. The van der Waals surface area contributed by atoms with E-state index in [4.69, 9.17) is 15.8 Å². The molecule has 1 atom stereocenters. The molecular formula is C26H24FN3O2S. The van der Waals surface area contributed by atoms with Gasteiger partial charge in [-0.1, -0.05) is 47.7 Å². The maximum absolute atomic E-state index is 14.9. The predicted octanol–water partition coefficient (Wildman–Crippen LogP) is 5.31. The molecule has 1 saturated carbocycles. The molecule has 0 saturated heterocycles. The van der Waals surface area contributed by atoms with Gasteiger partial charge in [0.2, 0.25) is 0 Å². The summed E-state index contributed by atoms with van der Waals surface area (Å²) in [5.74, 6) is -1.45. The largest absolute Gasteiger partial charge is 0.480 e. The number of carboxylic acid groups (broad SMARTS) is 1. The number of benzene rings is 2. The van der Waals surface area contributed by atoms with Gasteiger partial charge in [-0.2, -0.15) is 0 Å². The Morgan fingerprint density at radius 1 is 1.15 bits per heavy atom. The predicted molar refractivity (Wildman–Crippen MR) is 128 cm³/mol. The molecule has 33 heavy (non-hydrogen) atoms. The number of hydrogen-bond donors (Lipinski definition) is 2. The van der Waals surface area contributed by atoms with Crippen LogP contribution in [0.2, 0.25) is 0 Å². The molecule has 5 rings (SSSR count). The van der Waals surface area contributed by atoms with Crippen LogP contribution in [0, 0.1) is 5.82 Å². The molecule has 0 spiro atoms. The fourth-order valence-electron chi connectivity index (χ4n) is 4.17. The minimum atomic E-state index is -1.34. The fourth-order valence-corrected chi connectivity index (χ4v) is 5.14. The quantitative estimate of drug-likeness (QED) is 0.389. The van der Waals surface area contributed by atoms with Crippen LogP contribution in [-0.2, 0) is 16.6 Å². The molecule has 2 aromatic heterocycles. The van der Waals surface area contributed by atoms with E-state index in [1.165, 1.54) is 29.9 Å². The first kappa shape index (κ1) is 21.7. The smallest absolute Gasteiger partial charge is 0.323 e. The summed E-state index contributed by atoms with van der Waals surface area (Å²) in [7, 11) is 0. The lowest BCUT2D eigenvalue weighted by Gasteiger charge is -2.18. The van der Waals surface area contributed by atoms with Crippen molar-refractivity contribution in [2.24, 2.45) is 5.73 Å². The molecule has 1 fully saturated rings. The van der Waals surface area contributed by atoms with Crippen LogP contribution in [0.3, 0.4) is 0 Å². The van der Waals surface area contributed by atoms with Gasteiger partial charge in [0.15, 0.2) is 0 Å². The standard InChI is InChI=1S/C26H24FN3O2S/c1-25(28,24(31)32)12-11-16-7-8-18(19(27)15-16)22-29-20-9-10-21(30-23(20)33-22)26(13-14-26)17-5-3-2-4-6-17/h2-10,15H,11-14,28H2,1H3,(H,31,32). The summed E-state index contributed by atoms with van der Waals surface area (Å²) in [5.41, 5.74) is 8.61. The number of aliphatic carboxylic acids is 1. The average Bonchev–Trinajstić information content (AvgIpc) is 3.51. The van der Waals surface area contributed by atoms with Crippen molar-refractivity contribution < 1.29 is 14.3 Å². The lowest BCUT2D eigenvalue weighted by atomic mass is 9.92. The summed E-state index contributed by atoms with van der Waals surface area (Å²) in [4.78, 5) is 21.5. The van der Waals surface area contributed by atoms with Gasteiger partial charge in [-0.25, -0.2) is 14.4 Å². The average molecular weight is 462 g/mol. The highest BCUT2D eigenvalue weighted by Crippen LogP contribution is 2.53. The van der Waals surface area contributed by atoms with Gasteiger partial charge in [0.05, 0.1) is 5.69 Å². The number of carbonyl (C=O) groups is 1. The van der Waals surface area contributed by atoms with Crippen LogP contribution < -0.4 is 5.73 Å². The number of pyridine rings is 1. The van der Waals surface area contributed by atoms with Crippen molar-refractivity contribution in [2.45, 2.75) is 43.6 Å². The second-order valence-electron chi connectivity index (χ2n) is 9.02. The van der Waals surface area contributed by atoms with Gasteiger partial charge in [-0.15, -0.1) is 0 Å². The number of rotatable bonds is 7. The third-order valence-electron chi connectivity index (χ3n) is 6.51. The van der Waals surface area contributed by atoms with Gasteiger partial charge in [0.25, 0.3) is 0 Å². The maximum Gasteiger partial charge on any atom is 0.323 e. The second kappa shape index (κ2) is 8.01. The minimum absolute atomic E-state index is 0.0278. The van der Waals surface area contributed by atoms with E-state index >= 15 is 0 Å². The Hall–Kier alpha value is -3.16. The number of nitrogens with zero attached hydrogens (tertiary/aromatic N) is 2. The number of aromatic nitrogens is 2. The van der Waals surface area contributed by atoms with Crippen molar-refractivity contribution in [3.63, 3.8) is 0 Å². The van der Waals surface area contributed by atoms with Crippen LogP contribution >= 0.6 is 11.3 Å². The Kier molecular flexibility index (Phi) is 5.26. The number of fused-ring (bicyclic) bond motifs is 1. The molecule has 7 heteroatoms. The van der Waals surface area contributed by atoms with Crippen LogP contribution in [0.5, 0.6) is 0 Å². The molecule has 0 aliphatic heterocycles. The normalized spacial score (nSPS) is 16.5. The van der Waals surface area contributed by atoms with Crippen LogP contribution in [-0.4, -0.2) is 26.6 Å². The lowest BCUT2D eigenvalue weighted by Crippen LogP contribution is -2.45. The summed E-state index contributed by atoms with van der Waals surface area (Å²) in [5, 5.41) is 9.74. The zero-order valence-electron chi connectivity index (χ0n) is 18.2. The van der Waals surface area contributed by atoms with Crippen molar-refractivity contribution in [1.82, 2.24) is 9.97 Å². The first-order valence-electron chi connectivity index (χ1n) is 10.9. The molecule has 5 nitrogen and oxygen atoms in total. The van der Waals surface area contributed by atoms with E-state index < -0.39 is 11.5 Å². The summed E-state index contributed by atoms with van der Waals surface area (Å²) in [6, 6.07) is 19.4. The molecule has 3 N–H and O–H groups in total. The monoisotopic (exact) mass is 461 g/mol. The topological polar surface area (TPSA) is 89.1 Å².